The average Bonchev–Trinajstić information content (AvgIpc) is 4.09. The van der Waals surface area contributed by atoms with Gasteiger partial charge in [-0.3, -0.25) is 0 Å². The second kappa shape index (κ2) is 13.7. The van der Waals surface area contributed by atoms with Crippen LogP contribution in [0.3, 0.4) is 0 Å². The number of benzene rings is 10. The zero-order valence-corrected chi connectivity index (χ0v) is 35.4. The third-order valence-corrected chi connectivity index (χ3v) is 14.6. The van der Waals surface area contributed by atoms with Crippen LogP contribution in [0.2, 0.25) is 0 Å². The highest BCUT2D eigenvalue weighted by atomic mass is 32.1. The van der Waals surface area contributed by atoms with Gasteiger partial charge in [-0.2, -0.15) is 0 Å². The molecule has 0 saturated heterocycles. The predicted octanol–water partition coefficient (Wildman–Crippen LogP) is 16.7. The SMILES string of the molecule is c1ccc(-c2cc3c(cc2-c2ccc4c5ccccc5n(-c5ccc6c(c5)c5ccccc5n6-c5ccccc5)c4c2)c2ccccc2n3-c2ccc3sc4ccccc4c3c2)cc1. The van der Waals surface area contributed by atoms with Crippen LogP contribution in [0.5, 0.6) is 0 Å². The Morgan fingerprint density at radius 2 is 0.703 bits per heavy atom. The Morgan fingerprint density at radius 1 is 0.234 bits per heavy atom. The van der Waals surface area contributed by atoms with E-state index in [-0.39, 0.29) is 0 Å². The van der Waals surface area contributed by atoms with Gasteiger partial charge >= 0.3 is 0 Å². The molecule has 0 N–H and O–H groups in total. The zero-order valence-electron chi connectivity index (χ0n) is 34.6. The van der Waals surface area contributed by atoms with E-state index in [4.69, 9.17) is 0 Å². The molecule has 0 amide bonds. The van der Waals surface area contributed by atoms with Crippen molar-refractivity contribution in [2.24, 2.45) is 0 Å². The van der Waals surface area contributed by atoms with Crippen molar-refractivity contribution in [1.29, 1.82) is 0 Å². The average molecular weight is 832 g/mol. The molecule has 0 fully saturated rings. The Hall–Kier alpha value is -8.18. The van der Waals surface area contributed by atoms with Crippen LogP contribution in [0.15, 0.2) is 224 Å². The molecule has 0 unspecified atom stereocenters. The maximum Gasteiger partial charge on any atom is 0.0547 e. The highest BCUT2D eigenvalue weighted by Gasteiger charge is 2.21. The van der Waals surface area contributed by atoms with Crippen molar-refractivity contribution >= 4 is 96.9 Å². The molecule has 0 aliphatic carbocycles. The normalized spacial score (nSPS) is 12.1. The summed E-state index contributed by atoms with van der Waals surface area (Å²) in [7, 11) is 0. The van der Waals surface area contributed by atoms with Crippen LogP contribution in [0.25, 0.3) is 125 Å². The summed E-state index contributed by atoms with van der Waals surface area (Å²) in [5, 5.41) is 10.0. The molecule has 0 aliphatic heterocycles. The molecule has 4 heteroatoms. The lowest BCUT2D eigenvalue weighted by atomic mass is 9.92. The fourth-order valence-corrected chi connectivity index (χ4v) is 11.7. The maximum absolute atomic E-state index is 2.47. The molecule has 10 aromatic carbocycles. The molecule has 298 valence electrons. The van der Waals surface area contributed by atoms with Crippen molar-refractivity contribution in [2.45, 2.75) is 0 Å². The van der Waals surface area contributed by atoms with Gasteiger partial charge in [-0.05, 0) is 113 Å². The van der Waals surface area contributed by atoms with Crippen LogP contribution in [0, 0.1) is 0 Å². The number of para-hydroxylation sites is 4. The van der Waals surface area contributed by atoms with Gasteiger partial charge in [0.25, 0.3) is 0 Å². The van der Waals surface area contributed by atoms with E-state index in [1.165, 1.54) is 114 Å². The summed E-state index contributed by atoms with van der Waals surface area (Å²) in [6.07, 6.45) is 0. The third-order valence-electron chi connectivity index (χ3n) is 13.4. The van der Waals surface area contributed by atoms with E-state index in [9.17, 15) is 0 Å². The first-order valence-electron chi connectivity index (χ1n) is 21.9. The number of hydrogen-bond donors (Lipinski definition) is 0. The number of fused-ring (bicyclic) bond motifs is 12. The van der Waals surface area contributed by atoms with Crippen molar-refractivity contribution in [3.05, 3.63) is 224 Å². The van der Waals surface area contributed by atoms with E-state index >= 15 is 0 Å². The fourth-order valence-electron chi connectivity index (χ4n) is 10.6. The summed E-state index contributed by atoms with van der Waals surface area (Å²) in [5.41, 5.74) is 15.4. The van der Waals surface area contributed by atoms with E-state index in [1.54, 1.807) is 0 Å². The quantitative estimate of drug-likeness (QED) is 0.164. The number of aromatic nitrogens is 3. The van der Waals surface area contributed by atoms with Gasteiger partial charge in [-0.25, -0.2) is 0 Å². The van der Waals surface area contributed by atoms with Crippen LogP contribution < -0.4 is 0 Å². The summed E-state index contributed by atoms with van der Waals surface area (Å²) in [4.78, 5) is 0. The van der Waals surface area contributed by atoms with Gasteiger partial charge in [0.1, 0.15) is 0 Å². The lowest BCUT2D eigenvalue weighted by Gasteiger charge is -2.15. The minimum absolute atomic E-state index is 1.14. The van der Waals surface area contributed by atoms with Crippen molar-refractivity contribution in [3.8, 4) is 39.3 Å². The topological polar surface area (TPSA) is 14.8 Å². The van der Waals surface area contributed by atoms with Gasteiger partial charge in [0.15, 0.2) is 0 Å². The van der Waals surface area contributed by atoms with E-state index in [0.29, 0.717) is 0 Å². The highest BCUT2D eigenvalue weighted by molar-refractivity contribution is 7.25. The molecule has 14 rings (SSSR count). The van der Waals surface area contributed by atoms with Crippen LogP contribution >= 0.6 is 11.3 Å². The number of rotatable bonds is 5. The van der Waals surface area contributed by atoms with Crippen LogP contribution in [0.1, 0.15) is 0 Å². The van der Waals surface area contributed by atoms with Crippen LogP contribution in [-0.2, 0) is 0 Å². The highest BCUT2D eigenvalue weighted by Crippen LogP contribution is 2.44. The molecule has 4 aromatic heterocycles. The summed E-state index contributed by atoms with van der Waals surface area (Å²) < 4.78 is 9.96. The monoisotopic (exact) mass is 831 g/mol. The fraction of sp³-hybridized carbons (Fsp3) is 0. The largest absolute Gasteiger partial charge is 0.309 e. The summed E-state index contributed by atoms with van der Waals surface area (Å²) in [6, 6.07) is 82.9. The molecule has 0 radical (unpaired) electrons. The molecule has 14 aromatic rings. The van der Waals surface area contributed by atoms with Gasteiger partial charge < -0.3 is 13.7 Å². The third kappa shape index (κ3) is 5.15. The second-order valence-electron chi connectivity index (χ2n) is 16.9. The Morgan fingerprint density at radius 3 is 1.41 bits per heavy atom. The molecule has 3 nitrogen and oxygen atoms in total. The van der Waals surface area contributed by atoms with E-state index in [1.807, 2.05) is 11.3 Å². The van der Waals surface area contributed by atoms with Gasteiger partial charge in [-0.1, -0.05) is 133 Å². The van der Waals surface area contributed by atoms with Crippen molar-refractivity contribution in [3.63, 3.8) is 0 Å². The molecule has 0 spiro atoms. The van der Waals surface area contributed by atoms with Crippen LogP contribution in [-0.4, -0.2) is 13.7 Å². The molecule has 0 atom stereocenters. The van der Waals surface area contributed by atoms with Crippen LogP contribution in [0.4, 0.5) is 0 Å². The summed E-state index contributed by atoms with van der Waals surface area (Å²) in [6.45, 7) is 0. The Bertz CT molecular complexity index is 4180. The molecule has 0 bridgehead atoms. The Kier molecular flexibility index (Phi) is 7.56. The van der Waals surface area contributed by atoms with Gasteiger partial charge in [-0.15, -0.1) is 11.3 Å². The van der Waals surface area contributed by atoms with Crippen molar-refractivity contribution < 1.29 is 0 Å². The van der Waals surface area contributed by atoms with Gasteiger partial charge in [0, 0.05) is 69.6 Å². The minimum atomic E-state index is 1.14. The minimum Gasteiger partial charge on any atom is -0.309 e. The first kappa shape index (κ1) is 35.4. The first-order chi connectivity index (χ1) is 31.7. The van der Waals surface area contributed by atoms with Crippen molar-refractivity contribution in [2.75, 3.05) is 0 Å². The summed E-state index contributed by atoms with van der Waals surface area (Å²) >= 11 is 1.86. The standard InChI is InChI=1S/C60H37N3S/c1-3-15-38(16-4-1)49-37-58-51(45-21-9-13-25-55(45)63(58)42-29-32-60-52(35-42)47-22-10-14-26-59(47)64-60)36-48(49)39-27-30-46-43-19-7-11-23-53(43)62(57(46)33-39)41-28-31-56-50(34-41)44-20-8-12-24-54(44)61(56)40-17-5-2-6-18-40/h1-37H. The molecule has 0 aliphatic rings. The summed E-state index contributed by atoms with van der Waals surface area (Å²) in [5.74, 6) is 0. The number of thiophene rings is 1. The first-order valence-corrected chi connectivity index (χ1v) is 22.7. The maximum atomic E-state index is 2.47. The molecule has 4 heterocycles. The zero-order chi connectivity index (χ0) is 41.9. The van der Waals surface area contributed by atoms with E-state index < -0.39 is 0 Å². The van der Waals surface area contributed by atoms with Gasteiger partial charge in [0.05, 0.1) is 33.1 Å². The Labute approximate surface area is 372 Å². The van der Waals surface area contributed by atoms with Crippen molar-refractivity contribution in [1.82, 2.24) is 13.7 Å². The molecule has 64 heavy (non-hydrogen) atoms. The lowest BCUT2D eigenvalue weighted by molar-refractivity contribution is 1.17. The predicted molar refractivity (Wildman–Crippen MR) is 273 cm³/mol. The molecule has 0 saturated carbocycles. The number of hydrogen-bond acceptors (Lipinski definition) is 1. The lowest BCUT2D eigenvalue weighted by Crippen LogP contribution is -1.96. The van der Waals surface area contributed by atoms with E-state index in [0.717, 1.165) is 11.4 Å². The number of nitrogens with zero attached hydrogens (tertiary/aromatic N) is 3. The molecular weight excluding hydrogens is 795 g/mol. The van der Waals surface area contributed by atoms with Gasteiger partial charge in [0.2, 0.25) is 0 Å². The Balaban J connectivity index is 1.02. The molecular formula is C60H37N3S. The smallest absolute Gasteiger partial charge is 0.0547 e. The second-order valence-corrected chi connectivity index (χ2v) is 18.0. The van der Waals surface area contributed by atoms with E-state index in [2.05, 4.69) is 238 Å².